The van der Waals surface area contributed by atoms with Gasteiger partial charge in [-0.3, -0.25) is 14.1 Å². The first kappa shape index (κ1) is 21.7. The molecule has 8 heteroatoms. The number of sulfonamides is 1. The number of carbonyl (C=O) groups is 1. The third-order valence-corrected chi connectivity index (χ3v) is 8.13. The molecule has 2 aromatic carbocycles. The van der Waals surface area contributed by atoms with Gasteiger partial charge in [0.15, 0.2) is 0 Å². The van der Waals surface area contributed by atoms with Crippen molar-refractivity contribution in [3.05, 3.63) is 107 Å². The molecule has 0 fully saturated rings. The van der Waals surface area contributed by atoms with E-state index in [-0.39, 0.29) is 10.1 Å². The van der Waals surface area contributed by atoms with Gasteiger partial charge in [-0.05, 0) is 77.5 Å². The number of pyridine rings is 1. The molecule has 1 N–H and O–H groups in total. The molecule has 2 aromatic heterocycles. The first-order chi connectivity index (χ1) is 15.4. The number of rotatable bonds is 7. The van der Waals surface area contributed by atoms with Gasteiger partial charge >= 0.3 is 0 Å². The fraction of sp³-hybridized carbons (Fsp3) is 0.0833. The summed E-state index contributed by atoms with van der Waals surface area (Å²) in [5.74, 6) is -0.262. The van der Waals surface area contributed by atoms with E-state index >= 15 is 0 Å². The Bertz CT molecular complexity index is 1290. The zero-order chi connectivity index (χ0) is 22.6. The summed E-state index contributed by atoms with van der Waals surface area (Å²) in [6, 6.07) is 21.4. The van der Waals surface area contributed by atoms with Crippen LogP contribution in [0.1, 0.15) is 21.5 Å². The van der Waals surface area contributed by atoms with Crippen LogP contribution < -0.4 is 9.62 Å². The van der Waals surface area contributed by atoms with E-state index in [9.17, 15) is 13.2 Å². The van der Waals surface area contributed by atoms with E-state index in [4.69, 9.17) is 0 Å². The van der Waals surface area contributed by atoms with Crippen molar-refractivity contribution >= 4 is 38.6 Å². The van der Waals surface area contributed by atoms with Crippen LogP contribution in [-0.2, 0) is 16.4 Å². The van der Waals surface area contributed by atoms with E-state index in [2.05, 4.69) is 10.3 Å². The predicted molar refractivity (Wildman–Crippen MR) is 128 cm³/mol. The van der Waals surface area contributed by atoms with Gasteiger partial charge in [0.25, 0.3) is 15.9 Å². The van der Waals surface area contributed by atoms with Crippen molar-refractivity contribution in [3.63, 3.8) is 0 Å². The lowest BCUT2D eigenvalue weighted by Crippen LogP contribution is -2.25. The monoisotopic (exact) mass is 463 g/mol. The van der Waals surface area contributed by atoms with Crippen LogP contribution in [0.15, 0.2) is 94.8 Å². The molecule has 4 aromatic rings. The first-order valence-corrected chi connectivity index (χ1v) is 12.2. The summed E-state index contributed by atoms with van der Waals surface area (Å²) in [6.45, 7) is 0. The maximum atomic E-state index is 12.7. The molecule has 0 spiro atoms. The highest BCUT2D eigenvalue weighted by molar-refractivity contribution is 7.94. The van der Waals surface area contributed by atoms with E-state index in [1.807, 2.05) is 36.4 Å². The summed E-state index contributed by atoms with van der Waals surface area (Å²) in [4.78, 5) is 16.6. The number of hydrogen-bond acceptors (Lipinski definition) is 5. The molecule has 0 bridgehead atoms. The Hall–Kier alpha value is -3.49. The highest BCUT2D eigenvalue weighted by Crippen LogP contribution is 2.25. The Labute approximate surface area is 191 Å². The number of nitrogens with one attached hydrogen (secondary N) is 1. The van der Waals surface area contributed by atoms with Crippen molar-refractivity contribution in [1.29, 1.82) is 0 Å². The minimum absolute atomic E-state index is 0.262. The van der Waals surface area contributed by atoms with Gasteiger partial charge in [-0.2, -0.15) is 0 Å². The highest BCUT2D eigenvalue weighted by Gasteiger charge is 2.22. The fourth-order valence-electron chi connectivity index (χ4n) is 3.15. The highest BCUT2D eigenvalue weighted by atomic mass is 32.2. The molecule has 0 aliphatic rings. The van der Waals surface area contributed by atoms with E-state index < -0.39 is 10.0 Å². The van der Waals surface area contributed by atoms with Crippen molar-refractivity contribution in [2.75, 3.05) is 16.7 Å². The molecule has 0 aliphatic carbocycles. The lowest BCUT2D eigenvalue weighted by Gasteiger charge is -2.18. The Morgan fingerprint density at radius 3 is 2.22 bits per heavy atom. The van der Waals surface area contributed by atoms with Crippen LogP contribution in [0, 0.1) is 0 Å². The first-order valence-electron chi connectivity index (χ1n) is 9.85. The Balaban J connectivity index is 1.41. The van der Waals surface area contributed by atoms with Gasteiger partial charge in [0.1, 0.15) is 4.21 Å². The smallest absolute Gasteiger partial charge is 0.273 e. The maximum absolute atomic E-state index is 12.7. The summed E-state index contributed by atoms with van der Waals surface area (Å²) in [5.41, 5.74) is 3.92. The molecule has 0 unspecified atom stereocenters. The zero-order valence-electron chi connectivity index (χ0n) is 17.3. The molecular formula is C24H21N3O3S2. The van der Waals surface area contributed by atoms with Gasteiger partial charge in [0.2, 0.25) is 0 Å². The van der Waals surface area contributed by atoms with Crippen molar-refractivity contribution < 1.29 is 13.2 Å². The number of benzene rings is 2. The molecule has 4 rings (SSSR count). The minimum atomic E-state index is -3.61. The maximum Gasteiger partial charge on any atom is 0.273 e. The fourth-order valence-corrected chi connectivity index (χ4v) is 5.51. The molecule has 162 valence electrons. The Morgan fingerprint density at radius 2 is 1.59 bits per heavy atom. The third-order valence-electron chi connectivity index (χ3n) is 4.97. The molecule has 1 amide bonds. The summed E-state index contributed by atoms with van der Waals surface area (Å²) in [6.07, 6.45) is 4.33. The van der Waals surface area contributed by atoms with Crippen molar-refractivity contribution in [2.24, 2.45) is 0 Å². The van der Waals surface area contributed by atoms with Gasteiger partial charge < -0.3 is 5.32 Å². The van der Waals surface area contributed by atoms with Crippen LogP contribution >= 0.6 is 11.3 Å². The number of thiophene rings is 1. The Kier molecular flexibility index (Phi) is 6.34. The third kappa shape index (κ3) is 4.87. The second-order valence-corrected chi connectivity index (χ2v) is 10.3. The second kappa shape index (κ2) is 9.33. The largest absolute Gasteiger partial charge is 0.322 e. The quantitative estimate of drug-likeness (QED) is 0.427. The Morgan fingerprint density at radius 1 is 0.938 bits per heavy atom. The van der Waals surface area contributed by atoms with Crippen LogP contribution in [0.2, 0.25) is 0 Å². The average molecular weight is 464 g/mol. The van der Waals surface area contributed by atoms with Gasteiger partial charge in [0.05, 0.1) is 5.69 Å². The van der Waals surface area contributed by atoms with Crippen LogP contribution in [0.5, 0.6) is 0 Å². The number of carbonyl (C=O) groups excluding carboxylic acids is 1. The van der Waals surface area contributed by atoms with Crippen molar-refractivity contribution in [1.82, 2.24) is 4.98 Å². The van der Waals surface area contributed by atoms with Crippen LogP contribution in [0.25, 0.3) is 0 Å². The summed E-state index contributed by atoms with van der Waals surface area (Å²) in [7, 11) is -2.11. The molecular weight excluding hydrogens is 442 g/mol. The van der Waals surface area contributed by atoms with Crippen LogP contribution in [0.3, 0.4) is 0 Å². The van der Waals surface area contributed by atoms with Gasteiger partial charge in [-0.15, -0.1) is 11.3 Å². The van der Waals surface area contributed by atoms with Gasteiger partial charge in [0, 0.05) is 30.7 Å². The molecule has 0 atom stereocenters. The number of aromatic nitrogens is 1. The average Bonchev–Trinajstić information content (AvgIpc) is 3.37. The molecule has 0 aliphatic heterocycles. The SMILES string of the molecule is CN(c1ccc(C(=O)Nc2ccc(Cc3ccncc3)cc2)cc1)S(=O)(=O)c1cccs1. The van der Waals surface area contributed by atoms with Crippen molar-refractivity contribution in [2.45, 2.75) is 10.6 Å². The molecule has 6 nitrogen and oxygen atoms in total. The minimum Gasteiger partial charge on any atom is -0.322 e. The molecule has 0 saturated heterocycles. The van der Waals surface area contributed by atoms with E-state index in [1.165, 1.54) is 28.3 Å². The number of nitrogens with zero attached hydrogens (tertiary/aromatic N) is 2. The van der Waals surface area contributed by atoms with E-state index in [0.717, 1.165) is 12.0 Å². The summed E-state index contributed by atoms with van der Waals surface area (Å²) < 4.78 is 26.8. The molecule has 2 heterocycles. The predicted octanol–water partition coefficient (Wildman–Crippen LogP) is 4.81. The molecule has 32 heavy (non-hydrogen) atoms. The summed E-state index contributed by atoms with van der Waals surface area (Å²) >= 11 is 1.17. The van der Waals surface area contributed by atoms with E-state index in [1.54, 1.807) is 54.2 Å². The van der Waals surface area contributed by atoms with Crippen LogP contribution in [-0.4, -0.2) is 26.4 Å². The summed E-state index contributed by atoms with van der Waals surface area (Å²) in [5, 5.41) is 4.59. The molecule has 0 saturated carbocycles. The zero-order valence-corrected chi connectivity index (χ0v) is 18.9. The topological polar surface area (TPSA) is 79.4 Å². The normalized spacial score (nSPS) is 11.2. The van der Waals surface area contributed by atoms with Gasteiger partial charge in [-0.25, -0.2) is 8.42 Å². The van der Waals surface area contributed by atoms with Crippen LogP contribution in [0.4, 0.5) is 11.4 Å². The lowest BCUT2D eigenvalue weighted by molar-refractivity contribution is 0.102. The number of anilines is 2. The standard InChI is InChI=1S/C24H21N3O3S2/c1-27(32(29,30)23-3-2-16-31-23)22-10-6-20(7-11-22)24(28)26-21-8-4-18(5-9-21)17-19-12-14-25-15-13-19/h2-16H,17H2,1H3,(H,26,28). The number of amides is 1. The lowest BCUT2D eigenvalue weighted by atomic mass is 10.1. The van der Waals surface area contributed by atoms with Crippen molar-refractivity contribution in [3.8, 4) is 0 Å². The second-order valence-electron chi connectivity index (χ2n) is 7.13. The van der Waals surface area contributed by atoms with E-state index in [0.29, 0.717) is 16.9 Å². The number of hydrogen-bond donors (Lipinski definition) is 1. The molecule has 0 radical (unpaired) electrons. The van der Waals surface area contributed by atoms with Gasteiger partial charge in [-0.1, -0.05) is 18.2 Å².